The fraction of sp³-hybridized carbons (Fsp3) is 0.182. The maximum absolute atomic E-state index is 15.2. The van der Waals surface area contributed by atoms with Crippen LogP contribution in [0, 0.1) is 12.7 Å². The van der Waals surface area contributed by atoms with E-state index in [9.17, 15) is 19.5 Å². The van der Waals surface area contributed by atoms with Crippen molar-refractivity contribution in [2.75, 3.05) is 5.32 Å². The van der Waals surface area contributed by atoms with Crippen molar-refractivity contribution >= 4 is 23.7 Å². The Balaban J connectivity index is 1.24. The smallest absolute Gasteiger partial charge is 0.411 e. The Morgan fingerprint density at radius 2 is 1.73 bits per heavy atom. The normalized spacial score (nSPS) is 11.7. The molecule has 3 aromatic carbocycles. The number of halogens is 1. The third kappa shape index (κ3) is 7.60. The van der Waals surface area contributed by atoms with Gasteiger partial charge in [-0.25, -0.2) is 18.7 Å². The highest BCUT2D eigenvalue weighted by Gasteiger charge is 2.24. The first-order valence-corrected chi connectivity index (χ1v) is 14.1. The lowest BCUT2D eigenvalue weighted by atomic mass is 10.0. The van der Waals surface area contributed by atoms with Gasteiger partial charge in [0.05, 0.1) is 18.0 Å². The minimum absolute atomic E-state index is 0.0408. The first-order valence-electron chi connectivity index (χ1n) is 14.1. The molecule has 0 spiro atoms. The Morgan fingerprint density at radius 3 is 2.40 bits per heavy atom. The van der Waals surface area contributed by atoms with Gasteiger partial charge in [0.2, 0.25) is 0 Å². The zero-order chi connectivity index (χ0) is 32.1. The Labute approximate surface area is 257 Å². The number of amides is 2. The number of carboxylic acid groups (broad SMARTS) is 1. The van der Waals surface area contributed by atoms with Crippen molar-refractivity contribution in [1.82, 2.24) is 20.3 Å². The van der Waals surface area contributed by atoms with Gasteiger partial charge < -0.3 is 19.6 Å². The van der Waals surface area contributed by atoms with Crippen molar-refractivity contribution in [3.05, 3.63) is 108 Å². The van der Waals surface area contributed by atoms with Crippen molar-refractivity contribution in [3.63, 3.8) is 0 Å². The fourth-order valence-electron chi connectivity index (χ4n) is 4.46. The van der Waals surface area contributed by atoms with Gasteiger partial charge in [0.1, 0.15) is 23.3 Å². The van der Waals surface area contributed by atoms with E-state index >= 15 is 4.39 Å². The lowest BCUT2D eigenvalue weighted by Crippen LogP contribution is -2.42. The number of carbonyl (C=O) groups excluding carboxylic acids is 2. The molecule has 0 saturated carbocycles. The molecule has 2 amide bonds. The second kappa shape index (κ2) is 13.2. The molecular weight excluding hydrogens is 581 g/mol. The van der Waals surface area contributed by atoms with Gasteiger partial charge in [0.25, 0.3) is 5.91 Å². The molecule has 0 bridgehead atoms. The van der Waals surface area contributed by atoms with E-state index in [1.807, 2.05) is 31.2 Å². The minimum Gasteiger partial charge on any atom is -0.480 e. The number of ether oxygens (including phenoxy) is 1. The molecule has 5 rings (SSSR count). The molecule has 5 aromatic rings. The van der Waals surface area contributed by atoms with Crippen LogP contribution < -0.4 is 10.6 Å². The lowest BCUT2D eigenvalue weighted by molar-refractivity contribution is -0.139. The van der Waals surface area contributed by atoms with Crippen molar-refractivity contribution in [2.45, 2.75) is 39.3 Å². The van der Waals surface area contributed by atoms with Crippen LogP contribution in [-0.4, -0.2) is 50.2 Å². The molecule has 45 heavy (non-hydrogen) atoms. The van der Waals surface area contributed by atoms with Gasteiger partial charge in [-0.1, -0.05) is 41.1 Å². The number of furan rings is 1. The molecule has 12 heteroatoms. The number of carbonyl (C=O) groups is 3. The summed E-state index contributed by atoms with van der Waals surface area (Å²) in [5.41, 5.74) is 3.78. The third-order valence-electron chi connectivity index (χ3n) is 6.73. The number of hydrogen-bond acceptors (Lipinski definition) is 7. The van der Waals surface area contributed by atoms with E-state index in [2.05, 4.69) is 20.9 Å². The van der Waals surface area contributed by atoms with E-state index < -0.39 is 29.8 Å². The molecule has 0 saturated heterocycles. The molecule has 3 N–H and O–H groups in total. The van der Waals surface area contributed by atoms with Crippen LogP contribution in [0.2, 0.25) is 0 Å². The van der Waals surface area contributed by atoms with Crippen LogP contribution >= 0.6 is 0 Å². The number of aliphatic carboxylic acids is 1. The van der Waals surface area contributed by atoms with E-state index in [1.54, 1.807) is 56.4 Å². The van der Waals surface area contributed by atoms with Crippen molar-refractivity contribution in [3.8, 4) is 28.3 Å². The molecule has 0 aliphatic carbocycles. The number of carboxylic acids is 1. The molecule has 1 unspecified atom stereocenters. The number of aromatic nitrogens is 3. The lowest BCUT2D eigenvalue weighted by Gasteiger charge is -2.14. The van der Waals surface area contributed by atoms with Crippen LogP contribution in [-0.2, 0) is 16.0 Å². The largest absolute Gasteiger partial charge is 0.480 e. The van der Waals surface area contributed by atoms with Gasteiger partial charge in [-0.05, 0) is 74.9 Å². The Hall–Kier alpha value is -5.78. The van der Waals surface area contributed by atoms with Crippen molar-refractivity contribution in [1.29, 1.82) is 0 Å². The number of aryl methyl sites for hydroxylation is 1. The number of nitrogens with one attached hydrogen (secondary N) is 2. The summed E-state index contributed by atoms with van der Waals surface area (Å²) in [6.07, 6.45) is 0.559. The SMILES string of the molecule is Cc1ccc(-c2ccc(C(=O)NC(Cc3ccc(-c4cn(-c5ccc(NC(=O)OC(C)C)cc5)nn4)c(F)c3)C(=O)O)o2)cc1. The number of hydrogen-bond donors (Lipinski definition) is 3. The van der Waals surface area contributed by atoms with Gasteiger partial charge in [-0.3, -0.25) is 10.1 Å². The minimum atomic E-state index is -1.33. The van der Waals surface area contributed by atoms with E-state index in [0.29, 0.717) is 22.7 Å². The van der Waals surface area contributed by atoms with Gasteiger partial charge in [0.15, 0.2) is 5.76 Å². The van der Waals surface area contributed by atoms with Gasteiger partial charge in [-0.15, -0.1) is 5.10 Å². The number of rotatable bonds is 10. The Kier molecular flexibility index (Phi) is 9.03. The summed E-state index contributed by atoms with van der Waals surface area (Å²) in [6, 6.07) is 20.3. The number of benzene rings is 3. The highest BCUT2D eigenvalue weighted by molar-refractivity contribution is 5.95. The number of anilines is 1. The molecule has 0 aliphatic rings. The van der Waals surface area contributed by atoms with E-state index in [-0.39, 0.29) is 29.5 Å². The molecular formula is C33H30FN5O6. The topological polar surface area (TPSA) is 149 Å². The molecule has 230 valence electrons. The summed E-state index contributed by atoms with van der Waals surface area (Å²) >= 11 is 0. The zero-order valence-corrected chi connectivity index (χ0v) is 24.7. The molecule has 2 heterocycles. The average Bonchev–Trinajstić information content (AvgIpc) is 3.68. The van der Waals surface area contributed by atoms with Crippen molar-refractivity contribution < 1.29 is 33.0 Å². The monoisotopic (exact) mass is 611 g/mol. The summed E-state index contributed by atoms with van der Waals surface area (Å²) in [5.74, 6) is -2.18. The standard InChI is InChI=1S/C33H30FN5O6/c1-19(2)44-33(43)35-23-9-11-24(12-10-23)39-18-28(37-38-39)25-13-6-21(16-26(25)34)17-27(32(41)42)36-31(40)30-15-14-29(45-30)22-7-4-20(3)5-8-22/h4-16,18-19,27H,17H2,1-3H3,(H,35,43)(H,36,40)(H,41,42). The number of nitrogens with zero attached hydrogens (tertiary/aromatic N) is 3. The van der Waals surface area contributed by atoms with Crippen molar-refractivity contribution in [2.24, 2.45) is 0 Å². The predicted molar refractivity (Wildman–Crippen MR) is 163 cm³/mol. The van der Waals surface area contributed by atoms with Gasteiger partial charge in [0, 0.05) is 23.2 Å². The summed E-state index contributed by atoms with van der Waals surface area (Å²) in [7, 11) is 0. The highest BCUT2D eigenvalue weighted by Crippen LogP contribution is 2.25. The highest BCUT2D eigenvalue weighted by atomic mass is 19.1. The molecule has 11 nitrogen and oxygen atoms in total. The summed E-state index contributed by atoms with van der Waals surface area (Å²) in [6.45, 7) is 5.46. The van der Waals surface area contributed by atoms with E-state index in [0.717, 1.165) is 11.1 Å². The fourth-order valence-corrected chi connectivity index (χ4v) is 4.46. The van der Waals surface area contributed by atoms with Gasteiger partial charge >= 0.3 is 12.1 Å². The average molecular weight is 612 g/mol. The van der Waals surface area contributed by atoms with Crippen LogP contribution in [0.5, 0.6) is 0 Å². The summed E-state index contributed by atoms with van der Waals surface area (Å²) in [4.78, 5) is 36.6. The van der Waals surface area contributed by atoms with Crippen LogP contribution in [0.1, 0.15) is 35.5 Å². The first-order chi connectivity index (χ1) is 21.5. The zero-order valence-electron chi connectivity index (χ0n) is 24.7. The van der Waals surface area contributed by atoms with Gasteiger partial charge in [-0.2, -0.15) is 0 Å². The van der Waals surface area contributed by atoms with E-state index in [4.69, 9.17) is 9.15 Å². The second-order valence-corrected chi connectivity index (χ2v) is 10.6. The maximum Gasteiger partial charge on any atom is 0.411 e. The molecule has 0 radical (unpaired) electrons. The summed E-state index contributed by atoms with van der Waals surface area (Å²) in [5, 5.41) is 23.0. The maximum atomic E-state index is 15.2. The quantitative estimate of drug-likeness (QED) is 0.174. The summed E-state index contributed by atoms with van der Waals surface area (Å²) < 4.78 is 27.4. The van der Waals surface area contributed by atoms with Crippen LogP contribution in [0.3, 0.4) is 0 Å². The molecule has 1 atom stereocenters. The first kappa shape index (κ1) is 30.7. The predicted octanol–water partition coefficient (Wildman–Crippen LogP) is 6.02. The molecule has 2 aromatic heterocycles. The third-order valence-corrected chi connectivity index (χ3v) is 6.73. The van der Waals surface area contributed by atoms with Crippen LogP contribution in [0.15, 0.2) is 89.5 Å². The van der Waals surface area contributed by atoms with Crippen LogP contribution in [0.25, 0.3) is 28.3 Å². The van der Waals surface area contributed by atoms with E-state index in [1.165, 1.54) is 22.9 Å². The Morgan fingerprint density at radius 1 is 1.00 bits per heavy atom. The van der Waals surface area contributed by atoms with Crippen LogP contribution in [0.4, 0.5) is 14.9 Å². The Bertz CT molecular complexity index is 1830. The second-order valence-electron chi connectivity index (χ2n) is 10.6. The molecule has 0 aliphatic heterocycles. The molecule has 0 fully saturated rings.